The van der Waals surface area contributed by atoms with Gasteiger partial charge in [-0.25, -0.2) is 0 Å². The van der Waals surface area contributed by atoms with Crippen LogP contribution in [0.2, 0.25) is 0 Å². The third-order valence-electron chi connectivity index (χ3n) is 3.10. The van der Waals surface area contributed by atoms with E-state index < -0.39 is 0 Å². The summed E-state index contributed by atoms with van der Waals surface area (Å²) >= 11 is 0. The first-order valence-electron chi connectivity index (χ1n) is 6.09. The zero-order valence-electron chi connectivity index (χ0n) is 10.8. The lowest BCUT2D eigenvalue weighted by Crippen LogP contribution is -2.00. The van der Waals surface area contributed by atoms with Gasteiger partial charge < -0.3 is 14.3 Å². The summed E-state index contributed by atoms with van der Waals surface area (Å²) in [4.78, 5) is 12.3. The Balaban J connectivity index is 2.03. The molecule has 0 saturated heterocycles. The number of fused-ring (bicyclic) bond motifs is 1. The van der Waals surface area contributed by atoms with Gasteiger partial charge >= 0.3 is 0 Å². The molecule has 0 atom stereocenters. The summed E-state index contributed by atoms with van der Waals surface area (Å²) in [6.45, 7) is 0. The standard InChI is InChI=1S/C16H12O4/c1-19-11-6-7-12(13(17)9-11)16(18)15-8-10-4-2-3-5-14(10)20-15/h2-9,17H,1H3. The summed E-state index contributed by atoms with van der Waals surface area (Å²) < 4.78 is 10.5. The Kier molecular flexibility index (Phi) is 2.91. The average Bonchev–Trinajstić information content (AvgIpc) is 2.90. The number of aromatic hydroxyl groups is 1. The number of phenols is 1. The summed E-state index contributed by atoms with van der Waals surface area (Å²) in [5.41, 5.74) is 0.828. The highest BCUT2D eigenvalue weighted by Crippen LogP contribution is 2.27. The molecule has 0 aliphatic rings. The summed E-state index contributed by atoms with van der Waals surface area (Å²) in [7, 11) is 1.50. The zero-order chi connectivity index (χ0) is 14.1. The highest BCUT2D eigenvalue weighted by molar-refractivity contribution is 6.10. The van der Waals surface area contributed by atoms with Crippen molar-refractivity contribution in [2.45, 2.75) is 0 Å². The number of ether oxygens (including phenoxy) is 1. The molecule has 1 heterocycles. The normalized spacial score (nSPS) is 10.7. The maximum absolute atomic E-state index is 12.3. The first kappa shape index (κ1) is 12.3. The summed E-state index contributed by atoms with van der Waals surface area (Å²) in [5, 5.41) is 10.7. The van der Waals surface area contributed by atoms with Gasteiger partial charge in [-0.05, 0) is 24.3 Å². The molecule has 0 radical (unpaired) electrons. The fraction of sp³-hybridized carbons (Fsp3) is 0.0625. The number of phenolic OH excluding ortho intramolecular Hbond substituents is 1. The van der Waals surface area contributed by atoms with E-state index in [0.29, 0.717) is 11.3 Å². The molecule has 0 aliphatic heterocycles. The van der Waals surface area contributed by atoms with Crippen molar-refractivity contribution in [2.75, 3.05) is 7.11 Å². The topological polar surface area (TPSA) is 59.7 Å². The van der Waals surface area contributed by atoms with Gasteiger partial charge in [-0.3, -0.25) is 4.79 Å². The van der Waals surface area contributed by atoms with Gasteiger partial charge in [-0.2, -0.15) is 0 Å². The molecule has 20 heavy (non-hydrogen) atoms. The van der Waals surface area contributed by atoms with Crippen molar-refractivity contribution in [1.29, 1.82) is 0 Å². The molecule has 3 rings (SSSR count). The molecule has 100 valence electrons. The predicted octanol–water partition coefficient (Wildman–Crippen LogP) is 3.38. The van der Waals surface area contributed by atoms with E-state index in [2.05, 4.69) is 0 Å². The van der Waals surface area contributed by atoms with E-state index in [0.717, 1.165) is 5.39 Å². The molecule has 3 aromatic rings. The van der Waals surface area contributed by atoms with Crippen molar-refractivity contribution in [3.8, 4) is 11.5 Å². The molecule has 1 N–H and O–H groups in total. The quantitative estimate of drug-likeness (QED) is 0.740. The number of methoxy groups -OCH3 is 1. The highest BCUT2D eigenvalue weighted by Gasteiger charge is 2.18. The lowest BCUT2D eigenvalue weighted by molar-refractivity contribution is 0.101. The molecular weight excluding hydrogens is 256 g/mol. The number of hydrogen-bond donors (Lipinski definition) is 1. The largest absolute Gasteiger partial charge is 0.507 e. The molecule has 4 heteroatoms. The predicted molar refractivity (Wildman–Crippen MR) is 74.3 cm³/mol. The van der Waals surface area contributed by atoms with E-state index >= 15 is 0 Å². The van der Waals surface area contributed by atoms with E-state index in [1.54, 1.807) is 18.2 Å². The van der Waals surface area contributed by atoms with Crippen LogP contribution in [-0.2, 0) is 0 Å². The second-order valence-electron chi connectivity index (χ2n) is 4.36. The molecule has 0 unspecified atom stereocenters. The van der Waals surface area contributed by atoms with Gasteiger partial charge in [0.25, 0.3) is 0 Å². The van der Waals surface area contributed by atoms with E-state index in [4.69, 9.17) is 9.15 Å². The number of hydrogen-bond acceptors (Lipinski definition) is 4. The highest BCUT2D eigenvalue weighted by atomic mass is 16.5. The molecule has 0 bridgehead atoms. The average molecular weight is 268 g/mol. The van der Waals surface area contributed by atoms with Crippen molar-refractivity contribution in [3.63, 3.8) is 0 Å². The Hall–Kier alpha value is -2.75. The summed E-state index contributed by atoms with van der Waals surface area (Å²) in [5.74, 6) is 0.200. The molecule has 0 saturated carbocycles. The molecule has 0 aliphatic carbocycles. The first-order chi connectivity index (χ1) is 9.69. The number of carbonyl (C=O) groups is 1. The van der Waals surface area contributed by atoms with Gasteiger partial charge in [0.15, 0.2) is 5.76 Å². The maximum Gasteiger partial charge on any atom is 0.231 e. The van der Waals surface area contributed by atoms with Crippen LogP contribution in [0.15, 0.2) is 52.9 Å². The van der Waals surface area contributed by atoms with Crippen molar-refractivity contribution in [2.24, 2.45) is 0 Å². The van der Waals surface area contributed by atoms with E-state index in [-0.39, 0.29) is 22.9 Å². The number of para-hydroxylation sites is 1. The Morgan fingerprint density at radius 2 is 1.95 bits per heavy atom. The minimum Gasteiger partial charge on any atom is -0.507 e. The maximum atomic E-state index is 12.3. The Bertz CT molecular complexity index is 753. The van der Waals surface area contributed by atoms with Crippen LogP contribution in [0.1, 0.15) is 16.1 Å². The van der Waals surface area contributed by atoms with Crippen LogP contribution in [0.25, 0.3) is 11.0 Å². The fourth-order valence-corrected chi connectivity index (χ4v) is 2.06. The van der Waals surface area contributed by atoms with E-state index in [1.807, 2.05) is 18.2 Å². The number of ketones is 1. The Morgan fingerprint density at radius 3 is 2.65 bits per heavy atom. The van der Waals surface area contributed by atoms with Crippen LogP contribution < -0.4 is 4.74 Å². The van der Waals surface area contributed by atoms with Crippen LogP contribution in [-0.4, -0.2) is 18.0 Å². The molecule has 0 amide bonds. The first-order valence-corrected chi connectivity index (χ1v) is 6.09. The second kappa shape index (κ2) is 4.74. The van der Waals surface area contributed by atoms with Crippen LogP contribution in [0.4, 0.5) is 0 Å². The lowest BCUT2D eigenvalue weighted by Gasteiger charge is -2.04. The third-order valence-corrected chi connectivity index (χ3v) is 3.10. The van der Waals surface area contributed by atoms with Gasteiger partial charge in [0.2, 0.25) is 5.78 Å². The number of carbonyl (C=O) groups excluding carboxylic acids is 1. The van der Waals surface area contributed by atoms with Crippen LogP contribution in [0.5, 0.6) is 11.5 Å². The van der Waals surface area contributed by atoms with Crippen LogP contribution in [0.3, 0.4) is 0 Å². The van der Waals surface area contributed by atoms with Gasteiger partial charge in [0, 0.05) is 11.5 Å². The zero-order valence-corrected chi connectivity index (χ0v) is 10.8. The minimum atomic E-state index is -0.360. The third kappa shape index (κ3) is 2.01. The van der Waals surface area contributed by atoms with Crippen molar-refractivity contribution < 1.29 is 19.1 Å². The van der Waals surface area contributed by atoms with Crippen LogP contribution in [0, 0.1) is 0 Å². The number of rotatable bonds is 3. The smallest absolute Gasteiger partial charge is 0.231 e. The van der Waals surface area contributed by atoms with Crippen molar-refractivity contribution in [1.82, 2.24) is 0 Å². The Morgan fingerprint density at radius 1 is 1.15 bits per heavy atom. The van der Waals surface area contributed by atoms with Gasteiger partial charge in [0.1, 0.15) is 17.1 Å². The molecule has 4 nitrogen and oxygen atoms in total. The van der Waals surface area contributed by atoms with E-state index in [1.165, 1.54) is 19.2 Å². The van der Waals surface area contributed by atoms with E-state index in [9.17, 15) is 9.90 Å². The SMILES string of the molecule is COc1ccc(C(=O)c2cc3ccccc3o2)c(O)c1. The molecular formula is C16H12O4. The lowest BCUT2D eigenvalue weighted by atomic mass is 10.1. The molecule has 2 aromatic carbocycles. The number of benzene rings is 2. The Labute approximate surface area is 115 Å². The van der Waals surface area contributed by atoms with Gasteiger partial charge in [-0.15, -0.1) is 0 Å². The van der Waals surface area contributed by atoms with Gasteiger partial charge in [-0.1, -0.05) is 18.2 Å². The second-order valence-corrected chi connectivity index (χ2v) is 4.36. The van der Waals surface area contributed by atoms with Crippen molar-refractivity contribution >= 4 is 16.8 Å². The fourth-order valence-electron chi connectivity index (χ4n) is 2.06. The minimum absolute atomic E-state index is 0.130. The molecule has 0 spiro atoms. The summed E-state index contributed by atoms with van der Waals surface area (Å²) in [6, 6.07) is 13.6. The molecule has 0 fully saturated rings. The van der Waals surface area contributed by atoms with Crippen LogP contribution >= 0.6 is 0 Å². The summed E-state index contributed by atoms with van der Waals surface area (Å²) in [6.07, 6.45) is 0. The van der Waals surface area contributed by atoms with Gasteiger partial charge in [0.05, 0.1) is 12.7 Å². The monoisotopic (exact) mass is 268 g/mol. The molecule has 1 aromatic heterocycles. The van der Waals surface area contributed by atoms with Crippen molar-refractivity contribution in [3.05, 3.63) is 59.9 Å². The number of furan rings is 1.